The van der Waals surface area contributed by atoms with Gasteiger partial charge in [0.1, 0.15) is 11.5 Å². The van der Waals surface area contributed by atoms with E-state index >= 15 is 0 Å². The molecule has 1 atom stereocenters. The number of hydrogen-bond donors (Lipinski definition) is 1. The number of halogens is 3. The standard InChI is InChI=1S/C19H21F3N2O3/c20-19(21,22)27-15-8-6-14(7-9-15)18(25)23-13-16(17-5-4-12-26-17)24-10-2-1-3-11-24/h4-9,12,16H,1-3,10-11,13H2,(H,23,25). The van der Waals surface area contributed by atoms with Gasteiger partial charge in [0.05, 0.1) is 12.3 Å². The fourth-order valence-corrected chi connectivity index (χ4v) is 3.22. The molecule has 1 aromatic heterocycles. The van der Waals surface area contributed by atoms with Gasteiger partial charge in [-0.25, -0.2) is 0 Å². The number of nitrogens with zero attached hydrogens (tertiary/aromatic N) is 1. The molecule has 0 saturated carbocycles. The molecular formula is C19H21F3N2O3. The summed E-state index contributed by atoms with van der Waals surface area (Å²) in [6.45, 7) is 2.22. The maximum Gasteiger partial charge on any atom is 0.573 e. The van der Waals surface area contributed by atoms with E-state index in [2.05, 4.69) is 15.0 Å². The third-order valence-electron chi connectivity index (χ3n) is 4.51. The molecule has 8 heteroatoms. The number of carbonyl (C=O) groups is 1. The number of furan rings is 1. The molecule has 0 spiro atoms. The molecule has 1 saturated heterocycles. The van der Waals surface area contributed by atoms with Crippen molar-refractivity contribution in [3.05, 3.63) is 54.0 Å². The number of benzene rings is 1. The molecule has 5 nitrogen and oxygen atoms in total. The van der Waals surface area contributed by atoms with Gasteiger partial charge in [0.2, 0.25) is 0 Å². The molecule has 2 aromatic rings. The van der Waals surface area contributed by atoms with Crippen LogP contribution in [0.4, 0.5) is 13.2 Å². The van der Waals surface area contributed by atoms with Crippen molar-refractivity contribution < 1.29 is 27.1 Å². The fraction of sp³-hybridized carbons (Fsp3) is 0.421. The Balaban J connectivity index is 1.62. The number of carbonyl (C=O) groups excluding carboxylic acids is 1. The minimum atomic E-state index is -4.76. The lowest BCUT2D eigenvalue weighted by atomic mass is 10.1. The van der Waals surface area contributed by atoms with Crippen LogP contribution < -0.4 is 10.1 Å². The lowest BCUT2D eigenvalue weighted by Crippen LogP contribution is -2.40. The lowest BCUT2D eigenvalue weighted by Gasteiger charge is -2.33. The lowest BCUT2D eigenvalue weighted by molar-refractivity contribution is -0.274. The van der Waals surface area contributed by atoms with E-state index < -0.39 is 6.36 Å². The molecule has 0 radical (unpaired) electrons. The van der Waals surface area contributed by atoms with Crippen molar-refractivity contribution in [3.8, 4) is 5.75 Å². The maximum absolute atomic E-state index is 12.4. The van der Waals surface area contributed by atoms with Crippen LogP contribution in [-0.2, 0) is 0 Å². The number of piperidine rings is 1. The summed E-state index contributed by atoms with van der Waals surface area (Å²) < 4.78 is 46.0. The highest BCUT2D eigenvalue weighted by atomic mass is 19.4. The van der Waals surface area contributed by atoms with Crippen LogP contribution in [0, 0.1) is 0 Å². The highest BCUT2D eigenvalue weighted by Gasteiger charge is 2.31. The first-order valence-corrected chi connectivity index (χ1v) is 8.84. The first kappa shape index (κ1) is 19.3. The number of nitrogens with one attached hydrogen (secondary N) is 1. The third kappa shape index (κ3) is 5.50. The van der Waals surface area contributed by atoms with Gasteiger partial charge in [0, 0.05) is 12.1 Å². The molecule has 0 bridgehead atoms. The van der Waals surface area contributed by atoms with Crippen LogP contribution in [0.1, 0.15) is 41.4 Å². The minimum absolute atomic E-state index is 0.0721. The number of hydrogen-bond acceptors (Lipinski definition) is 4. The van der Waals surface area contributed by atoms with E-state index in [0.717, 1.165) is 43.8 Å². The Kier molecular flexibility index (Phi) is 6.05. The Bertz CT molecular complexity index is 724. The van der Waals surface area contributed by atoms with E-state index in [1.54, 1.807) is 6.26 Å². The van der Waals surface area contributed by atoms with Gasteiger partial charge in [-0.05, 0) is 62.3 Å². The SMILES string of the molecule is O=C(NCC(c1ccco1)N1CCCCC1)c1ccc(OC(F)(F)F)cc1. The van der Waals surface area contributed by atoms with Crippen molar-refractivity contribution in [2.45, 2.75) is 31.7 Å². The highest BCUT2D eigenvalue weighted by molar-refractivity contribution is 5.94. The molecule has 146 valence electrons. The van der Waals surface area contributed by atoms with E-state index in [1.165, 1.54) is 18.6 Å². The van der Waals surface area contributed by atoms with Gasteiger partial charge in [0.25, 0.3) is 5.91 Å². The van der Waals surface area contributed by atoms with Crippen LogP contribution in [0.5, 0.6) is 5.75 Å². The summed E-state index contributed by atoms with van der Waals surface area (Å²) in [6.07, 6.45) is 0.250. The zero-order chi connectivity index (χ0) is 19.3. The molecule has 1 aliphatic heterocycles. The van der Waals surface area contributed by atoms with Crippen LogP contribution in [0.3, 0.4) is 0 Å². The second kappa shape index (κ2) is 8.47. The normalized spacial score (nSPS) is 16.7. The predicted molar refractivity (Wildman–Crippen MR) is 92.3 cm³/mol. The number of amides is 1. The van der Waals surface area contributed by atoms with Crippen LogP contribution in [0.2, 0.25) is 0 Å². The molecule has 1 fully saturated rings. The van der Waals surface area contributed by atoms with Gasteiger partial charge in [-0.1, -0.05) is 6.42 Å². The molecule has 1 aliphatic rings. The Morgan fingerprint density at radius 3 is 2.44 bits per heavy atom. The van der Waals surface area contributed by atoms with Crippen molar-refractivity contribution in [1.29, 1.82) is 0 Å². The van der Waals surface area contributed by atoms with Crippen LogP contribution in [0.25, 0.3) is 0 Å². The van der Waals surface area contributed by atoms with Crippen molar-refractivity contribution in [2.75, 3.05) is 19.6 Å². The van der Waals surface area contributed by atoms with E-state index in [-0.39, 0.29) is 23.3 Å². The molecule has 1 N–H and O–H groups in total. The number of alkyl halides is 3. The highest BCUT2D eigenvalue weighted by Crippen LogP contribution is 2.25. The van der Waals surface area contributed by atoms with Crippen LogP contribution in [-0.4, -0.2) is 36.8 Å². The average Bonchev–Trinajstić information content (AvgIpc) is 3.16. The van der Waals surface area contributed by atoms with Crippen molar-refractivity contribution in [3.63, 3.8) is 0 Å². The predicted octanol–water partition coefficient (Wildman–Crippen LogP) is 4.14. The van der Waals surface area contributed by atoms with Gasteiger partial charge in [-0.3, -0.25) is 9.69 Å². The smallest absolute Gasteiger partial charge is 0.468 e. The van der Waals surface area contributed by atoms with Gasteiger partial charge < -0.3 is 14.5 Å². The average molecular weight is 382 g/mol. The number of ether oxygens (including phenoxy) is 1. The Morgan fingerprint density at radius 1 is 1.15 bits per heavy atom. The zero-order valence-corrected chi connectivity index (χ0v) is 14.7. The number of rotatable bonds is 6. The number of likely N-dealkylation sites (tertiary alicyclic amines) is 1. The first-order chi connectivity index (χ1) is 12.9. The largest absolute Gasteiger partial charge is 0.573 e. The molecule has 1 unspecified atom stereocenters. The van der Waals surface area contributed by atoms with Crippen molar-refractivity contribution in [2.24, 2.45) is 0 Å². The van der Waals surface area contributed by atoms with Crippen LogP contribution >= 0.6 is 0 Å². The van der Waals surface area contributed by atoms with Gasteiger partial charge in [-0.15, -0.1) is 13.2 Å². The Hall–Kier alpha value is -2.48. The van der Waals surface area contributed by atoms with E-state index in [0.29, 0.717) is 6.54 Å². The summed E-state index contributed by atoms with van der Waals surface area (Å²) in [6, 6.07) is 8.48. The summed E-state index contributed by atoms with van der Waals surface area (Å²) >= 11 is 0. The summed E-state index contributed by atoms with van der Waals surface area (Å²) in [4.78, 5) is 14.7. The molecule has 0 aliphatic carbocycles. The molecule has 1 amide bonds. The van der Waals surface area contributed by atoms with Crippen LogP contribution in [0.15, 0.2) is 47.1 Å². The second-order valence-electron chi connectivity index (χ2n) is 6.41. The zero-order valence-electron chi connectivity index (χ0n) is 14.7. The fourth-order valence-electron chi connectivity index (χ4n) is 3.22. The topological polar surface area (TPSA) is 54.7 Å². The molecular weight excluding hydrogens is 361 g/mol. The molecule has 27 heavy (non-hydrogen) atoms. The molecule has 1 aromatic carbocycles. The van der Waals surface area contributed by atoms with Crippen molar-refractivity contribution in [1.82, 2.24) is 10.2 Å². The maximum atomic E-state index is 12.4. The summed E-state index contributed by atoms with van der Waals surface area (Å²) in [5.74, 6) is 0.0640. The van der Waals surface area contributed by atoms with E-state index in [9.17, 15) is 18.0 Å². The van der Waals surface area contributed by atoms with E-state index in [4.69, 9.17) is 4.42 Å². The monoisotopic (exact) mass is 382 g/mol. The quantitative estimate of drug-likeness (QED) is 0.816. The van der Waals surface area contributed by atoms with E-state index in [1.807, 2.05) is 12.1 Å². The minimum Gasteiger partial charge on any atom is -0.468 e. The Morgan fingerprint density at radius 2 is 1.85 bits per heavy atom. The summed E-state index contributed by atoms with van der Waals surface area (Å²) in [5, 5.41) is 2.85. The van der Waals surface area contributed by atoms with Gasteiger partial charge in [0.15, 0.2) is 0 Å². The van der Waals surface area contributed by atoms with Gasteiger partial charge in [-0.2, -0.15) is 0 Å². The van der Waals surface area contributed by atoms with Crippen molar-refractivity contribution >= 4 is 5.91 Å². The Labute approximate surface area is 155 Å². The first-order valence-electron chi connectivity index (χ1n) is 8.84. The third-order valence-corrected chi connectivity index (χ3v) is 4.51. The summed E-state index contributed by atoms with van der Waals surface area (Å²) in [7, 11) is 0. The van der Waals surface area contributed by atoms with Gasteiger partial charge >= 0.3 is 6.36 Å². The summed E-state index contributed by atoms with van der Waals surface area (Å²) in [5.41, 5.74) is 0.265. The molecule has 3 rings (SSSR count). The molecule has 2 heterocycles. The second-order valence-corrected chi connectivity index (χ2v) is 6.41.